The molecule has 0 spiro atoms. The Morgan fingerprint density at radius 3 is 2.28 bits per heavy atom. The lowest BCUT2D eigenvalue weighted by atomic mass is 10.1. The summed E-state index contributed by atoms with van der Waals surface area (Å²) in [7, 11) is 3.08. The second-order valence-corrected chi connectivity index (χ2v) is 6.05. The van der Waals surface area contributed by atoms with E-state index in [0.717, 1.165) is 0 Å². The lowest BCUT2D eigenvalue weighted by molar-refractivity contribution is -0.120. The van der Waals surface area contributed by atoms with Crippen molar-refractivity contribution in [3.05, 3.63) is 48.0 Å². The van der Waals surface area contributed by atoms with E-state index in [1.807, 2.05) is 0 Å². The van der Waals surface area contributed by atoms with Crippen molar-refractivity contribution in [2.45, 2.75) is 13.8 Å². The summed E-state index contributed by atoms with van der Waals surface area (Å²) in [5, 5.41) is 2.63. The van der Waals surface area contributed by atoms with Crippen LogP contribution in [0, 0.1) is 0 Å². The largest absolute Gasteiger partial charge is 0.497 e. The maximum Gasteiger partial charge on any atom is 0.340 e. The summed E-state index contributed by atoms with van der Waals surface area (Å²) in [5.74, 6) is -0.0320. The quantitative estimate of drug-likeness (QED) is 0.685. The van der Waals surface area contributed by atoms with E-state index >= 15 is 0 Å². The van der Waals surface area contributed by atoms with Crippen LogP contribution in [0.25, 0.3) is 0 Å². The molecule has 0 aliphatic carbocycles. The third-order valence-electron chi connectivity index (χ3n) is 3.97. The minimum Gasteiger partial charge on any atom is -0.497 e. The number of hydrogen-bond acceptors (Lipinski definition) is 6. The lowest BCUT2D eigenvalue weighted by Crippen LogP contribution is -2.32. The van der Waals surface area contributed by atoms with E-state index in [9.17, 15) is 14.4 Å². The van der Waals surface area contributed by atoms with Gasteiger partial charge in [-0.05, 0) is 49.4 Å². The second kappa shape index (κ2) is 10.1. The topological polar surface area (TPSA) is 94.2 Å². The van der Waals surface area contributed by atoms with Crippen molar-refractivity contribution >= 4 is 29.2 Å². The van der Waals surface area contributed by atoms with Gasteiger partial charge in [0, 0.05) is 19.7 Å². The molecule has 0 atom stereocenters. The zero-order valence-corrected chi connectivity index (χ0v) is 16.9. The molecule has 0 radical (unpaired) electrons. The number of anilines is 2. The van der Waals surface area contributed by atoms with Crippen LogP contribution in [0.5, 0.6) is 11.5 Å². The molecule has 0 saturated carbocycles. The van der Waals surface area contributed by atoms with Crippen LogP contribution in [-0.2, 0) is 14.3 Å². The molecule has 0 heterocycles. The molecule has 29 heavy (non-hydrogen) atoms. The molecule has 154 valence electrons. The number of hydrogen-bond donors (Lipinski definition) is 1. The van der Waals surface area contributed by atoms with Crippen LogP contribution in [0.15, 0.2) is 42.5 Å². The average Bonchev–Trinajstić information content (AvgIpc) is 2.71. The number of likely N-dealkylation sites (N-methyl/N-ethyl adjacent to an activating group) is 1. The normalized spacial score (nSPS) is 10.1. The van der Waals surface area contributed by atoms with Gasteiger partial charge in [-0.15, -0.1) is 0 Å². The molecule has 2 amide bonds. The summed E-state index contributed by atoms with van der Waals surface area (Å²) in [6, 6.07) is 11.4. The monoisotopic (exact) mass is 400 g/mol. The fraction of sp³-hybridized carbons (Fsp3) is 0.286. The molecule has 2 aromatic carbocycles. The first-order valence-electron chi connectivity index (χ1n) is 8.97. The predicted molar refractivity (Wildman–Crippen MR) is 109 cm³/mol. The number of carbonyl (C=O) groups excluding carboxylic acids is 3. The van der Waals surface area contributed by atoms with E-state index in [1.165, 1.54) is 24.9 Å². The highest BCUT2D eigenvalue weighted by Crippen LogP contribution is 2.26. The van der Waals surface area contributed by atoms with Gasteiger partial charge >= 0.3 is 5.97 Å². The van der Waals surface area contributed by atoms with E-state index in [-0.39, 0.29) is 30.6 Å². The number of methoxy groups -OCH3 is 1. The van der Waals surface area contributed by atoms with E-state index < -0.39 is 5.97 Å². The Hall–Kier alpha value is -3.55. The fourth-order valence-electron chi connectivity index (χ4n) is 2.52. The molecule has 0 bridgehead atoms. The molecule has 0 saturated heterocycles. The van der Waals surface area contributed by atoms with E-state index in [2.05, 4.69) is 5.32 Å². The number of benzene rings is 2. The summed E-state index contributed by atoms with van der Waals surface area (Å²) in [6.45, 7) is 3.02. The van der Waals surface area contributed by atoms with E-state index in [4.69, 9.17) is 14.2 Å². The first-order chi connectivity index (χ1) is 13.8. The fourth-order valence-corrected chi connectivity index (χ4v) is 2.52. The van der Waals surface area contributed by atoms with Gasteiger partial charge in [0.25, 0.3) is 5.91 Å². The molecule has 0 aliphatic heterocycles. The SMILES string of the molecule is CCOC(=O)c1ccc(NC(C)=O)cc1N(C)C(=O)COc1ccc(OC)cc1. The predicted octanol–water partition coefficient (Wildman–Crippen LogP) is 2.87. The minimum absolute atomic E-state index is 0.198. The molecule has 0 aromatic heterocycles. The van der Waals surface area contributed by atoms with Crippen LogP contribution in [0.1, 0.15) is 24.2 Å². The van der Waals surface area contributed by atoms with Gasteiger partial charge in [-0.3, -0.25) is 9.59 Å². The molecule has 1 N–H and O–H groups in total. The van der Waals surface area contributed by atoms with E-state index in [1.54, 1.807) is 50.4 Å². The molecule has 8 heteroatoms. The van der Waals surface area contributed by atoms with Gasteiger partial charge in [0.05, 0.1) is 25.0 Å². The van der Waals surface area contributed by atoms with Crippen LogP contribution in [0.2, 0.25) is 0 Å². The molecule has 2 aromatic rings. The van der Waals surface area contributed by atoms with Gasteiger partial charge in [-0.25, -0.2) is 4.79 Å². The number of amides is 2. The van der Waals surface area contributed by atoms with Gasteiger partial charge in [0.2, 0.25) is 5.91 Å². The minimum atomic E-state index is -0.562. The Morgan fingerprint density at radius 2 is 1.69 bits per heavy atom. The molecule has 8 nitrogen and oxygen atoms in total. The van der Waals surface area contributed by atoms with Crippen LogP contribution in [0.3, 0.4) is 0 Å². The Balaban J connectivity index is 2.20. The Bertz CT molecular complexity index is 879. The highest BCUT2D eigenvalue weighted by atomic mass is 16.5. The zero-order chi connectivity index (χ0) is 21.4. The molecular formula is C21H24N2O6. The number of carbonyl (C=O) groups is 3. The van der Waals surface area contributed by atoms with Crippen molar-refractivity contribution in [1.29, 1.82) is 0 Å². The first-order valence-corrected chi connectivity index (χ1v) is 8.97. The van der Waals surface area contributed by atoms with Crippen molar-refractivity contribution in [2.75, 3.05) is 37.6 Å². The maximum atomic E-state index is 12.6. The number of esters is 1. The van der Waals surface area contributed by atoms with Gasteiger partial charge in [0.15, 0.2) is 6.61 Å². The Labute approximate surface area is 169 Å². The summed E-state index contributed by atoms with van der Waals surface area (Å²) >= 11 is 0. The molecule has 0 fully saturated rings. The standard InChI is InChI=1S/C21H24N2O6/c1-5-28-21(26)18-11-6-15(22-14(2)24)12-19(18)23(3)20(25)13-29-17-9-7-16(27-4)8-10-17/h6-12H,5,13H2,1-4H3,(H,22,24). The maximum absolute atomic E-state index is 12.6. The zero-order valence-electron chi connectivity index (χ0n) is 16.9. The summed E-state index contributed by atoms with van der Waals surface area (Å²) in [5.41, 5.74) is 0.968. The smallest absolute Gasteiger partial charge is 0.340 e. The van der Waals surface area contributed by atoms with Crippen molar-refractivity contribution in [3.63, 3.8) is 0 Å². The van der Waals surface area contributed by atoms with Crippen molar-refractivity contribution in [1.82, 2.24) is 0 Å². The van der Waals surface area contributed by atoms with Crippen LogP contribution >= 0.6 is 0 Å². The van der Waals surface area contributed by atoms with Crippen molar-refractivity contribution in [3.8, 4) is 11.5 Å². The van der Waals surface area contributed by atoms with E-state index in [0.29, 0.717) is 22.9 Å². The molecule has 0 aliphatic rings. The third-order valence-corrected chi connectivity index (χ3v) is 3.97. The first kappa shape index (κ1) is 21.7. The van der Waals surface area contributed by atoms with Crippen LogP contribution < -0.4 is 19.7 Å². The third kappa shape index (κ3) is 5.97. The highest BCUT2D eigenvalue weighted by molar-refractivity contribution is 6.04. The summed E-state index contributed by atoms with van der Waals surface area (Å²) in [4.78, 5) is 37.6. The number of nitrogens with zero attached hydrogens (tertiary/aromatic N) is 1. The summed E-state index contributed by atoms with van der Waals surface area (Å²) in [6.07, 6.45) is 0. The molecule has 0 unspecified atom stereocenters. The van der Waals surface area contributed by atoms with Gasteiger partial charge in [0.1, 0.15) is 11.5 Å². The lowest BCUT2D eigenvalue weighted by Gasteiger charge is -2.21. The Morgan fingerprint density at radius 1 is 1.03 bits per heavy atom. The van der Waals surface area contributed by atoms with Crippen LogP contribution in [0.4, 0.5) is 11.4 Å². The number of ether oxygens (including phenoxy) is 3. The van der Waals surface area contributed by atoms with Gasteiger partial charge < -0.3 is 24.4 Å². The Kier molecular flexibility index (Phi) is 7.59. The van der Waals surface area contributed by atoms with Crippen molar-refractivity contribution < 1.29 is 28.6 Å². The summed E-state index contributed by atoms with van der Waals surface area (Å²) < 4.78 is 15.7. The second-order valence-electron chi connectivity index (χ2n) is 6.05. The number of nitrogens with one attached hydrogen (secondary N) is 1. The van der Waals surface area contributed by atoms with Crippen molar-refractivity contribution in [2.24, 2.45) is 0 Å². The highest BCUT2D eigenvalue weighted by Gasteiger charge is 2.21. The molecular weight excluding hydrogens is 376 g/mol. The van der Waals surface area contributed by atoms with Crippen LogP contribution in [-0.4, -0.2) is 45.2 Å². The number of rotatable bonds is 8. The van der Waals surface area contributed by atoms with Gasteiger partial charge in [-0.2, -0.15) is 0 Å². The average molecular weight is 400 g/mol. The van der Waals surface area contributed by atoms with Gasteiger partial charge in [-0.1, -0.05) is 0 Å². The molecule has 2 rings (SSSR count).